The molecule has 1 heterocycles. The van der Waals surface area contributed by atoms with Gasteiger partial charge in [0.2, 0.25) is 0 Å². The number of nitrogens with one attached hydrogen (secondary N) is 1. The van der Waals surface area contributed by atoms with Crippen LogP contribution in [-0.4, -0.2) is 56.0 Å². The topological polar surface area (TPSA) is 24.5 Å². The van der Waals surface area contributed by atoms with E-state index in [9.17, 15) is 13.2 Å². The highest BCUT2D eigenvalue weighted by molar-refractivity contribution is 4.94. The molecule has 0 amide bonds. The lowest BCUT2D eigenvalue weighted by atomic mass is 10.0. The Morgan fingerprint density at radius 2 is 2.05 bits per heavy atom. The SMILES string of the molecule is CCCC1CN(CCOCC(F)(F)F)C(C2CC2)CN1. The van der Waals surface area contributed by atoms with Crippen LogP contribution in [0.25, 0.3) is 0 Å². The number of nitrogens with zero attached hydrogens (tertiary/aromatic N) is 1. The molecule has 2 fully saturated rings. The smallest absolute Gasteiger partial charge is 0.371 e. The van der Waals surface area contributed by atoms with Gasteiger partial charge in [0.05, 0.1) is 6.61 Å². The number of alkyl halides is 3. The van der Waals surface area contributed by atoms with Crippen molar-refractivity contribution in [2.45, 2.75) is 50.9 Å². The van der Waals surface area contributed by atoms with Gasteiger partial charge in [-0.2, -0.15) is 13.2 Å². The first-order chi connectivity index (χ1) is 9.49. The average molecular weight is 294 g/mol. The number of rotatable bonds is 7. The Morgan fingerprint density at radius 3 is 2.65 bits per heavy atom. The van der Waals surface area contributed by atoms with Crippen LogP contribution in [0.15, 0.2) is 0 Å². The van der Waals surface area contributed by atoms with Crippen LogP contribution >= 0.6 is 0 Å². The lowest BCUT2D eigenvalue weighted by Crippen LogP contribution is -2.57. The Morgan fingerprint density at radius 1 is 1.30 bits per heavy atom. The molecule has 118 valence electrons. The van der Waals surface area contributed by atoms with Crippen molar-refractivity contribution in [1.29, 1.82) is 0 Å². The summed E-state index contributed by atoms with van der Waals surface area (Å²) in [6.07, 6.45) is 0.543. The molecule has 0 aromatic carbocycles. The minimum Gasteiger partial charge on any atom is -0.371 e. The predicted molar refractivity (Wildman–Crippen MR) is 71.7 cm³/mol. The fourth-order valence-electron chi connectivity index (χ4n) is 3.01. The predicted octanol–water partition coefficient (Wildman–Crippen LogP) is 2.42. The van der Waals surface area contributed by atoms with Crippen molar-refractivity contribution in [1.82, 2.24) is 10.2 Å². The van der Waals surface area contributed by atoms with Crippen molar-refractivity contribution in [3.8, 4) is 0 Å². The van der Waals surface area contributed by atoms with E-state index in [0.29, 0.717) is 18.6 Å². The standard InChI is InChI=1S/C14H25F3N2O/c1-2-3-12-9-19(6-7-20-10-14(15,16)17)13(8-18-12)11-4-5-11/h11-13,18H,2-10H2,1H3. The number of ether oxygens (including phenoxy) is 1. The third kappa shape index (κ3) is 5.22. The van der Waals surface area contributed by atoms with Crippen molar-refractivity contribution in [2.24, 2.45) is 5.92 Å². The van der Waals surface area contributed by atoms with Crippen LogP contribution in [0.4, 0.5) is 13.2 Å². The second-order valence-electron chi connectivity index (χ2n) is 5.96. The van der Waals surface area contributed by atoms with Gasteiger partial charge >= 0.3 is 6.18 Å². The second kappa shape index (κ2) is 7.09. The van der Waals surface area contributed by atoms with Gasteiger partial charge in [-0.25, -0.2) is 0 Å². The van der Waals surface area contributed by atoms with Gasteiger partial charge in [0.1, 0.15) is 6.61 Å². The zero-order valence-electron chi connectivity index (χ0n) is 12.1. The summed E-state index contributed by atoms with van der Waals surface area (Å²) in [6, 6.07) is 0.954. The summed E-state index contributed by atoms with van der Waals surface area (Å²) >= 11 is 0. The van der Waals surface area contributed by atoms with Crippen molar-refractivity contribution in [2.75, 3.05) is 32.8 Å². The molecule has 0 bridgehead atoms. The largest absolute Gasteiger partial charge is 0.411 e. The van der Waals surface area contributed by atoms with E-state index in [2.05, 4.69) is 17.1 Å². The Balaban J connectivity index is 1.75. The first-order valence-electron chi connectivity index (χ1n) is 7.61. The van der Waals surface area contributed by atoms with Gasteiger partial charge in [-0.05, 0) is 25.2 Å². The van der Waals surface area contributed by atoms with Crippen LogP contribution in [0, 0.1) is 5.92 Å². The molecule has 1 aliphatic heterocycles. The highest BCUT2D eigenvalue weighted by Gasteiger charge is 2.38. The molecule has 2 unspecified atom stereocenters. The molecule has 2 aliphatic rings. The summed E-state index contributed by atoms with van der Waals surface area (Å²) in [5, 5.41) is 3.57. The molecule has 2 atom stereocenters. The van der Waals surface area contributed by atoms with Crippen LogP contribution in [0.2, 0.25) is 0 Å². The zero-order chi connectivity index (χ0) is 14.6. The number of hydrogen-bond acceptors (Lipinski definition) is 3. The maximum absolute atomic E-state index is 12.0. The van der Waals surface area contributed by atoms with E-state index >= 15 is 0 Å². The molecule has 0 radical (unpaired) electrons. The number of hydrogen-bond donors (Lipinski definition) is 1. The summed E-state index contributed by atoms with van der Waals surface area (Å²) in [4.78, 5) is 2.34. The Hall–Kier alpha value is -0.330. The van der Waals surface area contributed by atoms with Gasteiger partial charge in [0, 0.05) is 31.7 Å². The minimum atomic E-state index is -4.22. The molecular formula is C14H25F3N2O. The second-order valence-corrected chi connectivity index (χ2v) is 5.96. The van der Waals surface area contributed by atoms with Crippen LogP contribution < -0.4 is 5.32 Å². The Bertz CT molecular complexity index is 295. The normalized spacial score (nSPS) is 28.8. The van der Waals surface area contributed by atoms with E-state index in [-0.39, 0.29) is 6.61 Å². The van der Waals surface area contributed by atoms with Crippen LogP contribution in [0.3, 0.4) is 0 Å². The molecule has 20 heavy (non-hydrogen) atoms. The number of halogens is 3. The van der Waals surface area contributed by atoms with Gasteiger partial charge in [-0.15, -0.1) is 0 Å². The lowest BCUT2D eigenvalue weighted by Gasteiger charge is -2.40. The van der Waals surface area contributed by atoms with Gasteiger partial charge in [-0.3, -0.25) is 4.90 Å². The van der Waals surface area contributed by atoms with Gasteiger partial charge < -0.3 is 10.1 Å². The monoisotopic (exact) mass is 294 g/mol. The van der Waals surface area contributed by atoms with E-state index in [4.69, 9.17) is 4.74 Å². The summed E-state index contributed by atoms with van der Waals surface area (Å²) in [5.41, 5.74) is 0. The average Bonchev–Trinajstić information content (AvgIpc) is 3.18. The summed E-state index contributed by atoms with van der Waals surface area (Å²) in [7, 11) is 0. The molecule has 1 saturated carbocycles. The Labute approximate surface area is 118 Å². The third-order valence-corrected chi connectivity index (χ3v) is 4.13. The van der Waals surface area contributed by atoms with Crippen molar-refractivity contribution < 1.29 is 17.9 Å². The van der Waals surface area contributed by atoms with E-state index in [1.807, 2.05) is 0 Å². The maximum atomic E-state index is 12.0. The van der Waals surface area contributed by atoms with Crippen LogP contribution in [0.1, 0.15) is 32.6 Å². The molecule has 6 heteroatoms. The molecule has 0 aromatic heterocycles. The lowest BCUT2D eigenvalue weighted by molar-refractivity contribution is -0.175. The molecule has 0 aromatic rings. The molecule has 1 saturated heterocycles. The van der Waals surface area contributed by atoms with Gasteiger partial charge in [-0.1, -0.05) is 13.3 Å². The fourth-order valence-corrected chi connectivity index (χ4v) is 3.01. The van der Waals surface area contributed by atoms with Crippen molar-refractivity contribution >= 4 is 0 Å². The molecule has 3 nitrogen and oxygen atoms in total. The third-order valence-electron chi connectivity index (χ3n) is 4.13. The molecular weight excluding hydrogens is 269 g/mol. The quantitative estimate of drug-likeness (QED) is 0.730. The van der Waals surface area contributed by atoms with E-state index in [0.717, 1.165) is 31.8 Å². The van der Waals surface area contributed by atoms with Crippen LogP contribution in [0.5, 0.6) is 0 Å². The zero-order valence-corrected chi connectivity index (χ0v) is 12.1. The van der Waals surface area contributed by atoms with Gasteiger partial charge in [0.25, 0.3) is 0 Å². The van der Waals surface area contributed by atoms with E-state index in [1.165, 1.54) is 12.8 Å². The number of piperazine rings is 1. The minimum absolute atomic E-state index is 0.168. The van der Waals surface area contributed by atoms with Gasteiger partial charge in [0.15, 0.2) is 0 Å². The molecule has 1 N–H and O–H groups in total. The molecule has 1 aliphatic carbocycles. The van der Waals surface area contributed by atoms with Crippen LogP contribution in [-0.2, 0) is 4.74 Å². The highest BCUT2D eigenvalue weighted by Crippen LogP contribution is 2.36. The first-order valence-corrected chi connectivity index (χ1v) is 7.61. The van der Waals surface area contributed by atoms with Crippen molar-refractivity contribution in [3.63, 3.8) is 0 Å². The van der Waals surface area contributed by atoms with Crippen molar-refractivity contribution in [3.05, 3.63) is 0 Å². The summed E-state index contributed by atoms with van der Waals surface area (Å²) in [5.74, 6) is 0.729. The summed E-state index contributed by atoms with van der Waals surface area (Å²) in [6.45, 7) is 3.71. The maximum Gasteiger partial charge on any atom is 0.411 e. The fraction of sp³-hybridized carbons (Fsp3) is 1.00. The van der Waals surface area contributed by atoms with E-state index in [1.54, 1.807) is 0 Å². The highest BCUT2D eigenvalue weighted by atomic mass is 19.4. The molecule has 0 spiro atoms. The molecule has 2 rings (SSSR count). The first kappa shape index (κ1) is 16.0. The Kier molecular flexibility index (Phi) is 5.69. The summed E-state index contributed by atoms with van der Waals surface area (Å²) < 4.78 is 40.9. The van der Waals surface area contributed by atoms with E-state index < -0.39 is 12.8 Å².